The molecule has 3 aromatic rings. The Hall–Kier alpha value is -2.82. The first-order valence-electron chi connectivity index (χ1n) is 9.86. The van der Waals surface area contributed by atoms with E-state index in [9.17, 15) is 4.79 Å². The fraction of sp³-hybridized carbons (Fsp3) is 0.208. The minimum Gasteiger partial charge on any atom is -0.369 e. The van der Waals surface area contributed by atoms with Crippen LogP contribution in [0.5, 0.6) is 0 Å². The van der Waals surface area contributed by atoms with E-state index in [0.29, 0.717) is 10.6 Å². The molecule has 0 radical (unpaired) electrons. The second kappa shape index (κ2) is 9.12. The lowest BCUT2D eigenvalue weighted by atomic mass is 10.2. The fourth-order valence-electron chi connectivity index (χ4n) is 3.61. The Morgan fingerprint density at radius 1 is 0.828 bits per heavy atom. The van der Waals surface area contributed by atoms with Gasteiger partial charge in [-0.15, -0.1) is 0 Å². The molecule has 1 heterocycles. The summed E-state index contributed by atoms with van der Waals surface area (Å²) in [5, 5.41) is 3.37. The van der Waals surface area contributed by atoms with Gasteiger partial charge in [0.1, 0.15) is 0 Å². The van der Waals surface area contributed by atoms with Crippen molar-refractivity contribution in [3.63, 3.8) is 0 Å². The van der Waals surface area contributed by atoms with E-state index in [0.717, 1.165) is 38.4 Å². The van der Waals surface area contributed by atoms with Crippen LogP contribution in [0, 0.1) is 0 Å². The molecule has 3 aromatic carbocycles. The van der Waals surface area contributed by atoms with E-state index in [-0.39, 0.29) is 5.91 Å². The van der Waals surface area contributed by atoms with Crippen LogP contribution in [-0.4, -0.2) is 37.0 Å². The van der Waals surface area contributed by atoms with E-state index in [1.165, 1.54) is 11.3 Å². The molecule has 1 aliphatic rings. The SMILES string of the molecule is O=C(Nc1ccc(N2CCN(Cc3ccccc3)CC2)cc1)c1ccccc1Cl. The first-order chi connectivity index (χ1) is 14.2. The molecule has 0 bridgehead atoms. The molecule has 4 rings (SSSR count). The van der Waals surface area contributed by atoms with Gasteiger partial charge in [0.2, 0.25) is 0 Å². The quantitative estimate of drug-likeness (QED) is 0.654. The molecule has 1 N–H and O–H groups in total. The molecule has 29 heavy (non-hydrogen) atoms. The summed E-state index contributed by atoms with van der Waals surface area (Å²) in [5.74, 6) is -0.196. The third-order valence-corrected chi connectivity index (χ3v) is 5.56. The molecule has 4 nitrogen and oxygen atoms in total. The molecular weight excluding hydrogens is 382 g/mol. The van der Waals surface area contributed by atoms with Crippen molar-refractivity contribution < 1.29 is 4.79 Å². The number of nitrogens with zero attached hydrogens (tertiary/aromatic N) is 2. The topological polar surface area (TPSA) is 35.6 Å². The zero-order valence-corrected chi connectivity index (χ0v) is 17.0. The van der Waals surface area contributed by atoms with E-state index in [4.69, 9.17) is 11.6 Å². The fourth-order valence-corrected chi connectivity index (χ4v) is 3.83. The van der Waals surface area contributed by atoms with Crippen molar-refractivity contribution in [1.29, 1.82) is 0 Å². The minimum absolute atomic E-state index is 0.196. The zero-order chi connectivity index (χ0) is 20.1. The van der Waals surface area contributed by atoms with Gasteiger partial charge in [0.25, 0.3) is 5.91 Å². The van der Waals surface area contributed by atoms with E-state index in [2.05, 4.69) is 57.6 Å². The average Bonchev–Trinajstić information content (AvgIpc) is 2.76. The van der Waals surface area contributed by atoms with Gasteiger partial charge in [-0.3, -0.25) is 9.69 Å². The van der Waals surface area contributed by atoms with Crippen molar-refractivity contribution in [3.05, 3.63) is 95.0 Å². The van der Waals surface area contributed by atoms with Crippen LogP contribution < -0.4 is 10.2 Å². The summed E-state index contributed by atoms with van der Waals surface area (Å²) in [7, 11) is 0. The Morgan fingerprint density at radius 3 is 2.17 bits per heavy atom. The normalized spacial score (nSPS) is 14.6. The predicted molar refractivity (Wildman–Crippen MR) is 120 cm³/mol. The van der Waals surface area contributed by atoms with Gasteiger partial charge in [-0.05, 0) is 42.0 Å². The first-order valence-corrected chi connectivity index (χ1v) is 10.2. The molecule has 1 fully saturated rings. The lowest BCUT2D eigenvalue weighted by Crippen LogP contribution is -2.45. The Kier molecular flexibility index (Phi) is 6.13. The van der Waals surface area contributed by atoms with Crippen LogP contribution in [0.1, 0.15) is 15.9 Å². The number of hydrogen-bond donors (Lipinski definition) is 1. The molecule has 0 aliphatic carbocycles. The number of anilines is 2. The van der Waals surface area contributed by atoms with Gasteiger partial charge in [0.05, 0.1) is 10.6 Å². The highest BCUT2D eigenvalue weighted by atomic mass is 35.5. The second-order valence-electron chi connectivity index (χ2n) is 7.23. The molecule has 148 valence electrons. The molecule has 0 saturated carbocycles. The third kappa shape index (κ3) is 4.97. The van der Waals surface area contributed by atoms with Crippen molar-refractivity contribution in [2.75, 3.05) is 36.4 Å². The van der Waals surface area contributed by atoms with E-state index in [1.807, 2.05) is 18.2 Å². The lowest BCUT2D eigenvalue weighted by molar-refractivity contribution is 0.102. The number of carbonyl (C=O) groups excluding carboxylic acids is 1. The van der Waals surface area contributed by atoms with Crippen LogP contribution in [0.3, 0.4) is 0 Å². The Morgan fingerprint density at radius 2 is 1.48 bits per heavy atom. The average molecular weight is 406 g/mol. The first kappa shape index (κ1) is 19.5. The van der Waals surface area contributed by atoms with Crippen LogP contribution in [0.2, 0.25) is 5.02 Å². The van der Waals surface area contributed by atoms with Gasteiger partial charge in [-0.1, -0.05) is 54.1 Å². The number of nitrogens with one attached hydrogen (secondary N) is 1. The number of piperazine rings is 1. The molecule has 0 atom stereocenters. The van der Waals surface area contributed by atoms with Crippen molar-refractivity contribution in [2.45, 2.75) is 6.54 Å². The van der Waals surface area contributed by atoms with E-state index >= 15 is 0 Å². The van der Waals surface area contributed by atoms with Crippen molar-refractivity contribution in [1.82, 2.24) is 4.90 Å². The number of hydrogen-bond acceptors (Lipinski definition) is 3. The maximum Gasteiger partial charge on any atom is 0.257 e. The molecule has 1 amide bonds. The van der Waals surface area contributed by atoms with E-state index in [1.54, 1.807) is 18.2 Å². The number of rotatable bonds is 5. The number of benzene rings is 3. The van der Waals surface area contributed by atoms with Gasteiger partial charge in [-0.2, -0.15) is 0 Å². The second-order valence-corrected chi connectivity index (χ2v) is 7.64. The zero-order valence-electron chi connectivity index (χ0n) is 16.2. The van der Waals surface area contributed by atoms with Crippen molar-refractivity contribution in [2.24, 2.45) is 0 Å². The van der Waals surface area contributed by atoms with Crippen LogP contribution in [0.4, 0.5) is 11.4 Å². The van der Waals surface area contributed by atoms with Gasteiger partial charge in [0.15, 0.2) is 0 Å². The Balaban J connectivity index is 1.32. The maximum absolute atomic E-state index is 12.4. The highest BCUT2D eigenvalue weighted by Crippen LogP contribution is 2.22. The summed E-state index contributed by atoms with van der Waals surface area (Å²) in [6.07, 6.45) is 0. The van der Waals surface area contributed by atoms with Crippen molar-refractivity contribution >= 4 is 28.9 Å². The van der Waals surface area contributed by atoms with Crippen LogP contribution in [0.15, 0.2) is 78.9 Å². The van der Waals surface area contributed by atoms with Crippen molar-refractivity contribution in [3.8, 4) is 0 Å². The summed E-state index contributed by atoms with van der Waals surface area (Å²) in [4.78, 5) is 17.3. The molecule has 5 heteroatoms. The lowest BCUT2D eigenvalue weighted by Gasteiger charge is -2.36. The third-order valence-electron chi connectivity index (χ3n) is 5.23. The molecule has 1 aliphatic heterocycles. The summed E-state index contributed by atoms with van der Waals surface area (Å²) < 4.78 is 0. The number of amides is 1. The standard InChI is InChI=1S/C24H24ClN3O/c25-23-9-5-4-8-22(23)24(29)26-20-10-12-21(13-11-20)28-16-14-27(15-17-28)18-19-6-2-1-3-7-19/h1-13H,14-18H2,(H,26,29). The summed E-state index contributed by atoms with van der Waals surface area (Å²) >= 11 is 6.10. The van der Waals surface area contributed by atoms with Crippen LogP contribution >= 0.6 is 11.6 Å². The van der Waals surface area contributed by atoms with Crippen LogP contribution in [0.25, 0.3) is 0 Å². The summed E-state index contributed by atoms with van der Waals surface area (Å²) in [6.45, 7) is 5.08. The molecule has 0 unspecified atom stereocenters. The van der Waals surface area contributed by atoms with Gasteiger partial charge in [0, 0.05) is 44.1 Å². The van der Waals surface area contributed by atoms with E-state index < -0.39 is 0 Å². The van der Waals surface area contributed by atoms with Crippen LogP contribution in [-0.2, 0) is 6.54 Å². The van der Waals surface area contributed by atoms with Gasteiger partial charge in [-0.25, -0.2) is 0 Å². The monoisotopic (exact) mass is 405 g/mol. The molecule has 1 saturated heterocycles. The van der Waals surface area contributed by atoms with Gasteiger partial charge < -0.3 is 10.2 Å². The highest BCUT2D eigenvalue weighted by molar-refractivity contribution is 6.34. The Bertz CT molecular complexity index is 951. The predicted octanol–water partition coefficient (Wildman–Crippen LogP) is 4.91. The largest absolute Gasteiger partial charge is 0.369 e. The minimum atomic E-state index is -0.196. The number of halogens is 1. The molecule has 0 aromatic heterocycles. The molecular formula is C24H24ClN3O. The molecule has 0 spiro atoms. The summed E-state index contributed by atoms with van der Waals surface area (Å²) in [6, 6.07) is 25.7. The number of carbonyl (C=O) groups is 1. The highest BCUT2D eigenvalue weighted by Gasteiger charge is 2.17. The summed E-state index contributed by atoms with van der Waals surface area (Å²) in [5.41, 5.74) is 3.79. The van der Waals surface area contributed by atoms with Gasteiger partial charge >= 0.3 is 0 Å². The Labute approximate surface area is 176 Å². The smallest absolute Gasteiger partial charge is 0.257 e. The maximum atomic E-state index is 12.4.